The maximum atomic E-state index is 11.4. The van der Waals surface area contributed by atoms with E-state index in [0.717, 1.165) is 0 Å². The first-order chi connectivity index (χ1) is 7.31. The lowest BCUT2D eigenvalue weighted by atomic mass is 10.3. The zero-order chi connectivity index (χ0) is 10.7. The average molecular weight is 207 g/mol. The summed E-state index contributed by atoms with van der Waals surface area (Å²) in [5.41, 5.74) is 0.121. The molecule has 0 fully saturated rings. The van der Waals surface area contributed by atoms with E-state index in [1.165, 1.54) is 0 Å². The fourth-order valence-corrected chi connectivity index (χ4v) is 1.15. The van der Waals surface area contributed by atoms with E-state index in [2.05, 4.69) is 25.4 Å². The molecule has 0 bridgehead atoms. The van der Waals surface area contributed by atoms with Crippen LogP contribution < -0.4 is 0 Å². The normalized spacial score (nSPS) is 18.5. The van der Waals surface area contributed by atoms with Crippen LogP contribution in [0.25, 0.3) is 0 Å². The van der Waals surface area contributed by atoms with Gasteiger partial charge in [0.2, 0.25) is 11.5 Å². The number of carbonyl (C=O) groups excluding carboxylic acids is 1. The fourth-order valence-electron chi connectivity index (χ4n) is 1.15. The molecule has 7 nitrogen and oxygen atoms in total. The predicted molar refractivity (Wildman–Crippen MR) is 53.3 cm³/mol. The number of amides is 1. The average Bonchev–Trinajstić information content (AvgIpc) is 2.66. The smallest absolute Gasteiger partial charge is 0.303 e. The third kappa shape index (κ3) is 2.01. The van der Waals surface area contributed by atoms with Crippen LogP contribution in [0.15, 0.2) is 25.4 Å². The second kappa shape index (κ2) is 4.18. The van der Waals surface area contributed by atoms with Crippen LogP contribution >= 0.6 is 0 Å². The van der Waals surface area contributed by atoms with Crippen molar-refractivity contribution in [1.82, 2.24) is 0 Å². The topological polar surface area (TPSA) is 88.1 Å². The van der Waals surface area contributed by atoms with Crippen LogP contribution in [-0.4, -0.2) is 36.5 Å². The van der Waals surface area contributed by atoms with Gasteiger partial charge in [0.1, 0.15) is 5.84 Å². The van der Waals surface area contributed by atoms with Crippen molar-refractivity contribution in [3.63, 3.8) is 0 Å². The maximum absolute atomic E-state index is 11.4. The molecule has 0 saturated heterocycles. The minimum Gasteiger partial charge on any atom is -0.381 e. The van der Waals surface area contributed by atoms with Crippen LogP contribution in [-0.2, 0) is 9.53 Å². The van der Waals surface area contributed by atoms with Gasteiger partial charge in [0.25, 0.3) is 0 Å². The first-order valence-corrected chi connectivity index (χ1v) is 4.58. The number of rotatable bonds is 4. The van der Waals surface area contributed by atoms with Gasteiger partial charge in [-0.15, -0.1) is 10.2 Å². The Morgan fingerprint density at radius 1 is 1.33 bits per heavy atom. The zero-order valence-electron chi connectivity index (χ0n) is 8.17. The highest BCUT2D eigenvalue weighted by molar-refractivity contribution is 6.69. The highest BCUT2D eigenvalue weighted by atomic mass is 16.5. The molecule has 1 amide bonds. The molecule has 2 rings (SSSR count). The summed E-state index contributed by atoms with van der Waals surface area (Å²) in [6.07, 6.45) is 0.492. The molecule has 15 heavy (non-hydrogen) atoms. The van der Waals surface area contributed by atoms with Gasteiger partial charge in [-0.2, -0.15) is 4.99 Å². The molecule has 0 atom stereocenters. The summed E-state index contributed by atoms with van der Waals surface area (Å²) in [5, 5.41) is 10.5. The fraction of sp³-hybridized carbons (Fsp3) is 0.500. The molecule has 0 aromatic carbocycles. The molecule has 0 saturated carbocycles. The predicted octanol–water partition coefficient (Wildman–Crippen LogP) is 0.572. The van der Waals surface area contributed by atoms with Crippen molar-refractivity contribution in [2.24, 2.45) is 25.4 Å². The zero-order valence-corrected chi connectivity index (χ0v) is 8.17. The van der Waals surface area contributed by atoms with Crippen molar-refractivity contribution in [2.75, 3.05) is 13.2 Å². The Hall–Kier alpha value is -1.76. The summed E-state index contributed by atoms with van der Waals surface area (Å²) < 4.78 is 5.14. The minimum atomic E-state index is -0.434. The van der Waals surface area contributed by atoms with Gasteiger partial charge < -0.3 is 4.74 Å². The van der Waals surface area contributed by atoms with E-state index in [0.29, 0.717) is 25.5 Å². The Balaban J connectivity index is 2.05. The second-order valence-corrected chi connectivity index (χ2v) is 2.85. The van der Waals surface area contributed by atoms with Gasteiger partial charge in [0, 0.05) is 13.0 Å². The lowest BCUT2D eigenvalue weighted by Gasteiger charge is -2.05. The highest BCUT2D eigenvalue weighted by Crippen LogP contribution is 2.08. The molecular formula is C8H9N5O2. The summed E-state index contributed by atoms with van der Waals surface area (Å²) in [4.78, 5) is 19.2. The van der Waals surface area contributed by atoms with Gasteiger partial charge >= 0.3 is 5.91 Å². The summed E-state index contributed by atoms with van der Waals surface area (Å²) in [7, 11) is 0. The maximum Gasteiger partial charge on any atom is 0.303 e. The number of hydrogen-bond acceptors (Lipinski definition) is 6. The molecule has 78 valence electrons. The number of hydrogen-bond donors (Lipinski definition) is 0. The van der Waals surface area contributed by atoms with Crippen LogP contribution in [0.1, 0.15) is 13.3 Å². The van der Waals surface area contributed by atoms with Gasteiger partial charge in [-0.3, -0.25) is 4.79 Å². The Labute approximate surface area is 85.7 Å². The summed E-state index contributed by atoms with van der Waals surface area (Å²) >= 11 is 0. The van der Waals surface area contributed by atoms with Gasteiger partial charge in [0.15, 0.2) is 0 Å². The van der Waals surface area contributed by atoms with Crippen molar-refractivity contribution >= 4 is 23.3 Å². The molecule has 7 heteroatoms. The van der Waals surface area contributed by atoms with E-state index < -0.39 is 5.91 Å². The van der Waals surface area contributed by atoms with Crippen LogP contribution in [0.4, 0.5) is 0 Å². The summed E-state index contributed by atoms with van der Waals surface area (Å²) in [6, 6.07) is 0. The molecule has 0 aromatic rings. The number of aliphatic imine (C=N–C) groups is 2. The van der Waals surface area contributed by atoms with E-state index >= 15 is 0 Å². The lowest BCUT2D eigenvalue weighted by Crippen LogP contribution is -2.25. The SMILES string of the molecule is CCOCCC1=NC(=O)C2=NN=NC2=N1. The van der Waals surface area contributed by atoms with Crippen LogP contribution in [0, 0.1) is 0 Å². The van der Waals surface area contributed by atoms with Gasteiger partial charge in [-0.25, -0.2) is 4.99 Å². The Morgan fingerprint density at radius 3 is 3.00 bits per heavy atom. The molecule has 0 unspecified atom stereocenters. The molecule has 0 radical (unpaired) electrons. The number of carbonyl (C=O) groups is 1. The van der Waals surface area contributed by atoms with Crippen molar-refractivity contribution in [1.29, 1.82) is 0 Å². The molecule has 2 heterocycles. The van der Waals surface area contributed by atoms with Crippen molar-refractivity contribution in [3.05, 3.63) is 0 Å². The standard InChI is InChI=1S/C8H9N5O2/c1-2-15-4-3-5-9-7-6(8(14)10-5)11-13-12-7/h2-4H2,1H3. The Kier molecular flexibility index (Phi) is 2.72. The van der Waals surface area contributed by atoms with E-state index in [1.807, 2.05) is 6.92 Å². The van der Waals surface area contributed by atoms with E-state index in [-0.39, 0.29) is 11.5 Å². The van der Waals surface area contributed by atoms with Crippen molar-refractivity contribution in [2.45, 2.75) is 13.3 Å². The van der Waals surface area contributed by atoms with E-state index in [4.69, 9.17) is 4.74 Å². The van der Waals surface area contributed by atoms with Gasteiger partial charge in [-0.1, -0.05) is 0 Å². The number of amidine groups is 2. The molecule has 0 N–H and O–H groups in total. The summed E-state index contributed by atoms with van der Waals surface area (Å²) in [6.45, 7) is 3.02. The monoisotopic (exact) mass is 207 g/mol. The third-order valence-electron chi connectivity index (χ3n) is 1.84. The largest absolute Gasteiger partial charge is 0.381 e. The molecule has 0 aliphatic carbocycles. The Morgan fingerprint density at radius 2 is 2.20 bits per heavy atom. The lowest BCUT2D eigenvalue weighted by molar-refractivity contribution is -0.111. The molecular weight excluding hydrogens is 198 g/mol. The molecule has 2 aliphatic rings. The highest BCUT2D eigenvalue weighted by Gasteiger charge is 2.27. The molecule has 2 aliphatic heterocycles. The van der Waals surface area contributed by atoms with E-state index in [9.17, 15) is 4.79 Å². The Bertz CT molecular complexity index is 407. The number of ether oxygens (including phenoxy) is 1. The number of nitrogens with zero attached hydrogens (tertiary/aromatic N) is 5. The summed E-state index contributed by atoms with van der Waals surface area (Å²) in [5.74, 6) is 0.237. The molecule has 0 spiro atoms. The molecule has 0 aromatic heterocycles. The van der Waals surface area contributed by atoms with Crippen LogP contribution in [0.5, 0.6) is 0 Å². The van der Waals surface area contributed by atoms with E-state index in [1.54, 1.807) is 0 Å². The third-order valence-corrected chi connectivity index (χ3v) is 1.84. The van der Waals surface area contributed by atoms with Crippen LogP contribution in [0.3, 0.4) is 0 Å². The first kappa shape index (κ1) is 9.78. The minimum absolute atomic E-state index is 0.121. The van der Waals surface area contributed by atoms with Crippen molar-refractivity contribution in [3.8, 4) is 0 Å². The number of fused-ring (bicyclic) bond motifs is 1. The quantitative estimate of drug-likeness (QED) is 0.631. The van der Waals surface area contributed by atoms with Gasteiger partial charge in [-0.05, 0) is 12.1 Å². The van der Waals surface area contributed by atoms with Crippen molar-refractivity contribution < 1.29 is 9.53 Å². The first-order valence-electron chi connectivity index (χ1n) is 4.58. The second-order valence-electron chi connectivity index (χ2n) is 2.85. The van der Waals surface area contributed by atoms with Gasteiger partial charge in [0.05, 0.1) is 6.61 Å². The van der Waals surface area contributed by atoms with Crippen LogP contribution in [0.2, 0.25) is 0 Å².